The molecule has 5 rings (SSSR count). The second-order valence-corrected chi connectivity index (χ2v) is 11.3. The third kappa shape index (κ3) is 5.22. The van der Waals surface area contributed by atoms with Gasteiger partial charge < -0.3 is 15.4 Å². The van der Waals surface area contributed by atoms with E-state index >= 15 is 0 Å². The van der Waals surface area contributed by atoms with E-state index in [1.54, 1.807) is 23.7 Å². The predicted molar refractivity (Wildman–Crippen MR) is 128 cm³/mol. The monoisotopic (exact) mass is 490 g/mol. The van der Waals surface area contributed by atoms with Gasteiger partial charge in [0.25, 0.3) is 0 Å². The molecule has 3 N–H and O–H groups in total. The number of hydrogen-bond donors (Lipinski definition) is 2. The highest BCUT2D eigenvalue weighted by atomic mass is 32.2. The van der Waals surface area contributed by atoms with Crippen LogP contribution in [-0.2, 0) is 21.3 Å². The van der Waals surface area contributed by atoms with Gasteiger partial charge in [-0.3, -0.25) is 4.90 Å². The number of rotatable bonds is 6. The summed E-state index contributed by atoms with van der Waals surface area (Å²) in [6.07, 6.45) is 5.29. The van der Waals surface area contributed by atoms with Crippen LogP contribution in [0.3, 0.4) is 0 Å². The number of morpholine rings is 1. The Balaban J connectivity index is 1.45. The van der Waals surface area contributed by atoms with Crippen LogP contribution in [0.5, 0.6) is 0 Å². The van der Waals surface area contributed by atoms with Gasteiger partial charge in [0.1, 0.15) is 0 Å². The number of nitrogen functional groups attached to an aromatic ring is 1. The zero-order chi connectivity index (χ0) is 23.0. The SMILES string of the molecule is CS(=O)(=O)NC1CCN(Cc2cc3nc(-c4cnc(N)nc4)nc(N4CCOCC4)c3s2)C1. The van der Waals surface area contributed by atoms with Gasteiger partial charge in [-0.15, -0.1) is 11.3 Å². The minimum Gasteiger partial charge on any atom is -0.378 e. The number of ether oxygens (including phenoxy) is 1. The molecule has 13 heteroatoms. The highest BCUT2D eigenvalue weighted by molar-refractivity contribution is 7.88. The Morgan fingerprint density at radius 3 is 2.70 bits per heavy atom. The molecule has 0 aliphatic carbocycles. The molecule has 2 aliphatic heterocycles. The van der Waals surface area contributed by atoms with Crippen molar-refractivity contribution in [2.24, 2.45) is 0 Å². The molecule has 2 saturated heterocycles. The summed E-state index contributed by atoms with van der Waals surface area (Å²) in [5.74, 6) is 1.66. The fourth-order valence-electron chi connectivity index (χ4n) is 4.21. The predicted octanol–water partition coefficient (Wildman–Crippen LogP) is 0.691. The molecule has 1 unspecified atom stereocenters. The van der Waals surface area contributed by atoms with E-state index in [4.69, 9.17) is 20.4 Å². The molecular formula is C20H26N8O3S2. The van der Waals surface area contributed by atoms with Crippen LogP contribution in [0.15, 0.2) is 18.5 Å². The first kappa shape index (κ1) is 22.3. The smallest absolute Gasteiger partial charge is 0.219 e. The first-order chi connectivity index (χ1) is 15.8. The quantitative estimate of drug-likeness (QED) is 0.507. The molecule has 5 heterocycles. The van der Waals surface area contributed by atoms with Crippen molar-refractivity contribution >= 4 is 43.3 Å². The van der Waals surface area contributed by atoms with Crippen molar-refractivity contribution in [3.05, 3.63) is 23.3 Å². The molecule has 3 aromatic heterocycles. The van der Waals surface area contributed by atoms with E-state index in [0.29, 0.717) is 31.1 Å². The van der Waals surface area contributed by atoms with Crippen LogP contribution in [0.1, 0.15) is 11.3 Å². The molecule has 0 aromatic carbocycles. The molecule has 11 nitrogen and oxygen atoms in total. The number of hydrogen-bond acceptors (Lipinski definition) is 11. The second-order valence-electron chi connectivity index (χ2n) is 8.34. The number of fused-ring (bicyclic) bond motifs is 1. The molecular weight excluding hydrogens is 464 g/mol. The molecule has 0 spiro atoms. The third-order valence-corrected chi connectivity index (χ3v) is 7.54. The average Bonchev–Trinajstić information content (AvgIpc) is 3.39. The number of sulfonamides is 1. The Morgan fingerprint density at radius 1 is 1.21 bits per heavy atom. The van der Waals surface area contributed by atoms with Crippen molar-refractivity contribution in [3.63, 3.8) is 0 Å². The summed E-state index contributed by atoms with van der Waals surface area (Å²) in [5.41, 5.74) is 7.23. The van der Waals surface area contributed by atoms with E-state index in [0.717, 1.165) is 48.6 Å². The lowest BCUT2D eigenvalue weighted by Crippen LogP contribution is -2.36. The van der Waals surface area contributed by atoms with Crippen LogP contribution in [0.2, 0.25) is 0 Å². The summed E-state index contributed by atoms with van der Waals surface area (Å²) in [4.78, 5) is 23.5. The van der Waals surface area contributed by atoms with E-state index in [9.17, 15) is 8.42 Å². The van der Waals surface area contributed by atoms with E-state index in [2.05, 4.69) is 30.6 Å². The largest absolute Gasteiger partial charge is 0.378 e. The molecule has 3 aromatic rings. The summed E-state index contributed by atoms with van der Waals surface area (Å²) < 4.78 is 32.4. The van der Waals surface area contributed by atoms with Crippen molar-refractivity contribution in [2.75, 3.05) is 56.3 Å². The van der Waals surface area contributed by atoms with Gasteiger partial charge in [-0.25, -0.2) is 33.1 Å². The first-order valence-electron chi connectivity index (χ1n) is 10.7. The number of nitrogens with one attached hydrogen (secondary N) is 1. The van der Waals surface area contributed by atoms with Crippen LogP contribution in [-0.4, -0.2) is 84.9 Å². The van der Waals surface area contributed by atoms with Crippen molar-refractivity contribution in [1.82, 2.24) is 29.6 Å². The van der Waals surface area contributed by atoms with Crippen molar-refractivity contribution in [3.8, 4) is 11.4 Å². The Kier molecular flexibility index (Phi) is 6.14. The van der Waals surface area contributed by atoms with Gasteiger partial charge in [0, 0.05) is 56.0 Å². The van der Waals surface area contributed by atoms with Crippen LogP contribution >= 0.6 is 11.3 Å². The maximum Gasteiger partial charge on any atom is 0.219 e. The lowest BCUT2D eigenvalue weighted by molar-refractivity contribution is 0.122. The molecule has 0 amide bonds. The minimum atomic E-state index is -3.20. The van der Waals surface area contributed by atoms with Gasteiger partial charge in [-0.2, -0.15) is 0 Å². The molecule has 0 saturated carbocycles. The number of nitrogens with zero attached hydrogens (tertiary/aromatic N) is 6. The van der Waals surface area contributed by atoms with Gasteiger partial charge in [0.05, 0.1) is 35.2 Å². The maximum atomic E-state index is 11.6. The van der Waals surface area contributed by atoms with Gasteiger partial charge in [-0.05, 0) is 12.5 Å². The fourth-order valence-corrected chi connectivity index (χ4v) is 6.16. The van der Waals surface area contributed by atoms with Crippen molar-refractivity contribution < 1.29 is 13.2 Å². The zero-order valence-electron chi connectivity index (χ0n) is 18.3. The summed E-state index contributed by atoms with van der Waals surface area (Å²) in [6, 6.07) is 2.06. The second kappa shape index (κ2) is 9.06. The Morgan fingerprint density at radius 2 is 1.97 bits per heavy atom. The fraction of sp³-hybridized carbons (Fsp3) is 0.500. The minimum absolute atomic E-state index is 0.0461. The average molecular weight is 491 g/mol. The Bertz CT molecular complexity index is 1240. The van der Waals surface area contributed by atoms with Gasteiger partial charge >= 0.3 is 0 Å². The molecule has 2 aliphatic rings. The molecule has 2 fully saturated rings. The Labute approximate surface area is 196 Å². The standard InChI is InChI=1S/C20H26N8O3S2/c1-33(29,30)26-14-2-3-27(11-14)12-15-8-16-17(32-15)19(28-4-6-31-7-5-28)25-18(24-16)13-9-22-20(21)23-10-13/h8-10,14,26H,2-7,11-12H2,1H3,(H2,21,22,23). The van der Waals surface area contributed by atoms with Crippen LogP contribution in [0.4, 0.5) is 11.8 Å². The van der Waals surface area contributed by atoms with Crippen LogP contribution in [0, 0.1) is 0 Å². The molecule has 0 radical (unpaired) electrons. The molecule has 1 atom stereocenters. The topological polar surface area (TPSA) is 139 Å². The van der Waals surface area contributed by atoms with Crippen molar-refractivity contribution in [2.45, 2.75) is 19.0 Å². The summed E-state index contributed by atoms with van der Waals surface area (Å²) in [6.45, 7) is 5.13. The first-order valence-corrected chi connectivity index (χ1v) is 13.5. The zero-order valence-corrected chi connectivity index (χ0v) is 19.9. The summed E-state index contributed by atoms with van der Waals surface area (Å²) in [5, 5.41) is 0. The van der Waals surface area contributed by atoms with Gasteiger partial charge in [-0.1, -0.05) is 0 Å². The molecule has 176 valence electrons. The maximum absolute atomic E-state index is 11.6. The lowest BCUT2D eigenvalue weighted by atomic mass is 10.3. The van der Waals surface area contributed by atoms with Crippen LogP contribution < -0.4 is 15.4 Å². The number of aromatic nitrogens is 4. The van der Waals surface area contributed by atoms with Crippen molar-refractivity contribution in [1.29, 1.82) is 0 Å². The van der Waals surface area contributed by atoms with Gasteiger partial charge in [0.15, 0.2) is 11.6 Å². The van der Waals surface area contributed by atoms with E-state index in [-0.39, 0.29) is 12.0 Å². The number of nitrogens with two attached hydrogens (primary N) is 1. The number of likely N-dealkylation sites (tertiary alicyclic amines) is 1. The van der Waals surface area contributed by atoms with E-state index in [1.807, 2.05) is 0 Å². The molecule has 33 heavy (non-hydrogen) atoms. The number of anilines is 2. The Hall–Kier alpha value is -2.45. The van der Waals surface area contributed by atoms with Gasteiger partial charge in [0.2, 0.25) is 16.0 Å². The lowest BCUT2D eigenvalue weighted by Gasteiger charge is -2.28. The normalized spacial score (nSPS) is 20.0. The summed E-state index contributed by atoms with van der Waals surface area (Å²) >= 11 is 1.69. The highest BCUT2D eigenvalue weighted by Crippen LogP contribution is 2.35. The number of thiophene rings is 1. The van der Waals surface area contributed by atoms with E-state index in [1.165, 1.54) is 11.1 Å². The molecule has 0 bridgehead atoms. The summed E-state index contributed by atoms with van der Waals surface area (Å²) in [7, 11) is -3.20. The van der Waals surface area contributed by atoms with Crippen LogP contribution in [0.25, 0.3) is 21.6 Å². The highest BCUT2D eigenvalue weighted by Gasteiger charge is 2.26. The third-order valence-electron chi connectivity index (χ3n) is 5.68. The van der Waals surface area contributed by atoms with E-state index < -0.39 is 10.0 Å².